The minimum absolute atomic E-state index is 0.466. The molecule has 1 aliphatic rings. The van der Waals surface area contributed by atoms with Crippen LogP contribution in [0.5, 0.6) is 0 Å². The summed E-state index contributed by atoms with van der Waals surface area (Å²) < 4.78 is 0. The van der Waals surface area contributed by atoms with Gasteiger partial charge in [0, 0.05) is 12.7 Å². The van der Waals surface area contributed by atoms with Gasteiger partial charge < -0.3 is 10.6 Å². The van der Waals surface area contributed by atoms with E-state index < -0.39 is 0 Å². The molecular formula is C13H19N3. The number of benzene rings is 1. The van der Waals surface area contributed by atoms with Crippen molar-refractivity contribution in [3.63, 3.8) is 0 Å². The number of aliphatic imine (C=N–C) groups is 1. The minimum atomic E-state index is 0.466. The van der Waals surface area contributed by atoms with Crippen LogP contribution >= 0.6 is 0 Å². The van der Waals surface area contributed by atoms with Gasteiger partial charge in [-0.05, 0) is 38.3 Å². The Hall–Kier alpha value is -1.51. The van der Waals surface area contributed by atoms with Crippen molar-refractivity contribution in [2.24, 2.45) is 10.7 Å². The molecule has 0 aromatic heterocycles. The van der Waals surface area contributed by atoms with Crippen LogP contribution in [0.15, 0.2) is 23.2 Å². The normalized spacial score (nSPS) is 16.3. The predicted molar refractivity (Wildman–Crippen MR) is 69.0 cm³/mol. The van der Waals surface area contributed by atoms with Crippen LogP contribution in [-0.4, -0.2) is 19.0 Å². The first-order chi connectivity index (χ1) is 7.58. The second kappa shape index (κ2) is 4.16. The standard InChI is InChI=1S/C13H19N3/c1-9-4-7-12(10(2)8-9)16(3)13(14)15-11-5-6-11/h4,7-8,11H,5-6H2,1-3H3,(H2,14,15). The van der Waals surface area contributed by atoms with Crippen molar-refractivity contribution in [1.82, 2.24) is 0 Å². The number of guanidine groups is 1. The quantitative estimate of drug-likeness (QED) is 0.609. The molecule has 16 heavy (non-hydrogen) atoms. The van der Waals surface area contributed by atoms with E-state index in [1.807, 2.05) is 11.9 Å². The van der Waals surface area contributed by atoms with Crippen LogP contribution in [0.3, 0.4) is 0 Å². The van der Waals surface area contributed by atoms with E-state index in [1.165, 1.54) is 24.0 Å². The Morgan fingerprint density at radius 1 is 1.38 bits per heavy atom. The van der Waals surface area contributed by atoms with Crippen molar-refractivity contribution in [2.75, 3.05) is 11.9 Å². The third kappa shape index (κ3) is 2.35. The van der Waals surface area contributed by atoms with Crippen molar-refractivity contribution < 1.29 is 0 Å². The van der Waals surface area contributed by atoms with Gasteiger partial charge in [-0.1, -0.05) is 17.7 Å². The maximum atomic E-state index is 5.97. The van der Waals surface area contributed by atoms with E-state index in [0.29, 0.717) is 12.0 Å². The predicted octanol–water partition coefficient (Wildman–Crippen LogP) is 2.22. The molecule has 0 unspecified atom stereocenters. The molecule has 1 aromatic carbocycles. The van der Waals surface area contributed by atoms with E-state index in [-0.39, 0.29) is 0 Å². The zero-order valence-electron chi connectivity index (χ0n) is 10.2. The topological polar surface area (TPSA) is 41.6 Å². The average Bonchev–Trinajstić information content (AvgIpc) is 3.00. The maximum Gasteiger partial charge on any atom is 0.195 e. The molecule has 0 saturated heterocycles. The lowest BCUT2D eigenvalue weighted by Crippen LogP contribution is -2.34. The first kappa shape index (κ1) is 11.0. The lowest BCUT2D eigenvalue weighted by molar-refractivity contribution is 1.03. The highest BCUT2D eigenvalue weighted by Gasteiger charge is 2.21. The summed E-state index contributed by atoms with van der Waals surface area (Å²) in [6, 6.07) is 6.83. The Bertz CT molecular complexity index is 419. The van der Waals surface area contributed by atoms with Crippen molar-refractivity contribution in [3.05, 3.63) is 29.3 Å². The molecule has 1 aliphatic carbocycles. The number of hydrogen-bond donors (Lipinski definition) is 1. The molecule has 0 heterocycles. The largest absolute Gasteiger partial charge is 0.370 e. The molecule has 1 saturated carbocycles. The van der Waals surface area contributed by atoms with Crippen LogP contribution in [0, 0.1) is 13.8 Å². The van der Waals surface area contributed by atoms with Crippen LogP contribution in [0.2, 0.25) is 0 Å². The summed E-state index contributed by atoms with van der Waals surface area (Å²) in [6.07, 6.45) is 2.36. The lowest BCUT2D eigenvalue weighted by atomic mass is 10.1. The van der Waals surface area contributed by atoms with Crippen molar-refractivity contribution in [3.8, 4) is 0 Å². The van der Waals surface area contributed by atoms with Crippen LogP contribution in [0.1, 0.15) is 24.0 Å². The molecule has 0 radical (unpaired) electrons. The molecule has 1 fully saturated rings. The zero-order valence-corrected chi connectivity index (χ0v) is 10.2. The third-order valence-electron chi connectivity index (χ3n) is 2.92. The van der Waals surface area contributed by atoms with Gasteiger partial charge in [-0.3, -0.25) is 0 Å². The molecule has 0 aliphatic heterocycles. The van der Waals surface area contributed by atoms with Crippen LogP contribution in [0.25, 0.3) is 0 Å². The van der Waals surface area contributed by atoms with E-state index >= 15 is 0 Å². The third-order valence-corrected chi connectivity index (χ3v) is 2.92. The summed E-state index contributed by atoms with van der Waals surface area (Å²) in [7, 11) is 1.97. The number of aryl methyl sites for hydroxylation is 2. The molecule has 2 rings (SSSR count). The van der Waals surface area contributed by atoms with Gasteiger partial charge in [0.25, 0.3) is 0 Å². The van der Waals surface area contributed by atoms with Gasteiger partial charge in [-0.2, -0.15) is 0 Å². The van der Waals surface area contributed by atoms with Gasteiger partial charge in [-0.15, -0.1) is 0 Å². The SMILES string of the molecule is Cc1ccc(N(C)C(N)=NC2CC2)c(C)c1. The van der Waals surface area contributed by atoms with E-state index in [0.717, 1.165) is 5.69 Å². The van der Waals surface area contributed by atoms with Crippen LogP contribution < -0.4 is 10.6 Å². The fraction of sp³-hybridized carbons (Fsp3) is 0.462. The molecule has 2 N–H and O–H groups in total. The first-order valence-corrected chi connectivity index (χ1v) is 5.72. The highest BCUT2D eigenvalue weighted by molar-refractivity contribution is 5.95. The first-order valence-electron chi connectivity index (χ1n) is 5.72. The van der Waals surface area contributed by atoms with Crippen molar-refractivity contribution in [1.29, 1.82) is 0 Å². The summed E-state index contributed by atoms with van der Waals surface area (Å²) in [5.41, 5.74) is 9.61. The smallest absolute Gasteiger partial charge is 0.195 e. The summed E-state index contributed by atoms with van der Waals surface area (Å²) in [5, 5.41) is 0. The van der Waals surface area contributed by atoms with E-state index in [1.54, 1.807) is 0 Å². The van der Waals surface area contributed by atoms with E-state index in [4.69, 9.17) is 5.73 Å². The Morgan fingerprint density at radius 3 is 2.62 bits per heavy atom. The second-order valence-corrected chi connectivity index (χ2v) is 4.57. The number of nitrogens with two attached hydrogens (primary N) is 1. The Kier molecular flexibility index (Phi) is 2.86. The zero-order chi connectivity index (χ0) is 11.7. The van der Waals surface area contributed by atoms with Gasteiger partial charge in [0.1, 0.15) is 0 Å². The van der Waals surface area contributed by atoms with Crippen LogP contribution in [-0.2, 0) is 0 Å². The summed E-state index contributed by atoms with van der Waals surface area (Å²) in [6.45, 7) is 4.20. The van der Waals surface area contributed by atoms with Gasteiger partial charge in [0.05, 0.1) is 6.04 Å². The monoisotopic (exact) mass is 217 g/mol. The van der Waals surface area contributed by atoms with Gasteiger partial charge in [-0.25, -0.2) is 4.99 Å². The highest BCUT2D eigenvalue weighted by atomic mass is 15.2. The molecular weight excluding hydrogens is 198 g/mol. The van der Waals surface area contributed by atoms with Gasteiger partial charge in [0.15, 0.2) is 5.96 Å². The number of hydrogen-bond acceptors (Lipinski definition) is 1. The van der Waals surface area contributed by atoms with Crippen molar-refractivity contribution in [2.45, 2.75) is 32.7 Å². The second-order valence-electron chi connectivity index (χ2n) is 4.57. The van der Waals surface area contributed by atoms with E-state index in [2.05, 4.69) is 37.0 Å². The Balaban J connectivity index is 2.22. The molecule has 3 nitrogen and oxygen atoms in total. The molecule has 0 amide bonds. The molecule has 0 spiro atoms. The lowest BCUT2D eigenvalue weighted by Gasteiger charge is -2.20. The summed E-state index contributed by atoms with van der Waals surface area (Å²) in [5.74, 6) is 0.620. The van der Waals surface area contributed by atoms with Crippen LogP contribution in [0.4, 0.5) is 5.69 Å². The molecule has 0 bridgehead atoms. The Morgan fingerprint density at radius 2 is 2.06 bits per heavy atom. The summed E-state index contributed by atoms with van der Waals surface area (Å²) >= 11 is 0. The highest BCUT2D eigenvalue weighted by Crippen LogP contribution is 2.25. The van der Waals surface area contributed by atoms with E-state index in [9.17, 15) is 0 Å². The molecule has 1 aromatic rings. The minimum Gasteiger partial charge on any atom is -0.370 e. The van der Waals surface area contributed by atoms with Gasteiger partial charge in [0.2, 0.25) is 0 Å². The number of nitrogens with zero attached hydrogens (tertiary/aromatic N) is 2. The Labute approximate surface area is 97.0 Å². The molecule has 0 atom stereocenters. The fourth-order valence-corrected chi connectivity index (χ4v) is 1.78. The average molecular weight is 217 g/mol. The number of anilines is 1. The number of rotatable bonds is 2. The molecule has 3 heteroatoms. The summed E-state index contributed by atoms with van der Waals surface area (Å²) in [4.78, 5) is 6.41. The fourth-order valence-electron chi connectivity index (χ4n) is 1.78. The van der Waals surface area contributed by atoms with Gasteiger partial charge >= 0.3 is 0 Å². The van der Waals surface area contributed by atoms with Crippen molar-refractivity contribution >= 4 is 11.6 Å². The maximum absolute atomic E-state index is 5.97. The molecule has 86 valence electrons.